The van der Waals surface area contributed by atoms with Crippen LogP contribution >= 0.6 is 0 Å². The molecule has 0 radical (unpaired) electrons. The number of anilines is 2. The lowest BCUT2D eigenvalue weighted by molar-refractivity contribution is 0.166. The molecule has 0 spiro atoms. The van der Waals surface area contributed by atoms with Crippen LogP contribution in [0.25, 0.3) is 0 Å². The zero-order valence-corrected chi connectivity index (χ0v) is 7.60. The second-order valence-electron chi connectivity index (χ2n) is 3.04. The molecule has 0 saturated carbocycles. The average molecular weight is 190 g/mol. The molecule has 1 aliphatic rings. The highest BCUT2D eigenvalue weighted by atomic mass is 16.7. The number of hydrogen-bond donors (Lipinski definition) is 1. The van der Waals surface area contributed by atoms with Crippen LogP contribution < -0.4 is 10.8 Å². The quantitative estimate of drug-likeness (QED) is 0.704. The zero-order chi connectivity index (χ0) is 9.97. The predicted molar refractivity (Wildman–Crippen MR) is 51.3 cm³/mol. The van der Waals surface area contributed by atoms with Crippen LogP contribution in [0.3, 0.4) is 0 Å². The van der Waals surface area contributed by atoms with Gasteiger partial charge in [0.25, 0.3) is 0 Å². The van der Waals surface area contributed by atoms with E-state index in [4.69, 9.17) is 15.8 Å². The molecule has 72 valence electrons. The van der Waals surface area contributed by atoms with Crippen LogP contribution in [0.4, 0.5) is 11.5 Å². The molecule has 2 rings (SSSR count). The van der Waals surface area contributed by atoms with Gasteiger partial charge in [0.1, 0.15) is 6.07 Å². The molecule has 2 heterocycles. The molecule has 0 amide bonds. The van der Waals surface area contributed by atoms with E-state index in [9.17, 15) is 0 Å². The molecule has 0 atom stereocenters. The first kappa shape index (κ1) is 8.78. The number of pyridine rings is 1. The highest BCUT2D eigenvalue weighted by Gasteiger charge is 2.17. The van der Waals surface area contributed by atoms with Gasteiger partial charge in [-0.05, 0) is 12.5 Å². The lowest BCUT2D eigenvalue weighted by Crippen LogP contribution is -2.19. The summed E-state index contributed by atoms with van der Waals surface area (Å²) in [6.07, 6.45) is 2.47. The molecule has 14 heavy (non-hydrogen) atoms. The van der Waals surface area contributed by atoms with Gasteiger partial charge in [-0.1, -0.05) is 0 Å². The van der Waals surface area contributed by atoms with Crippen molar-refractivity contribution in [3.63, 3.8) is 0 Å². The summed E-state index contributed by atoms with van der Waals surface area (Å²) in [6, 6.07) is 3.58. The second-order valence-corrected chi connectivity index (χ2v) is 3.04. The van der Waals surface area contributed by atoms with E-state index in [1.54, 1.807) is 11.1 Å². The Labute approximate surface area is 81.7 Å². The predicted octanol–water partition coefficient (Wildman–Crippen LogP) is 0.677. The molecule has 5 nitrogen and oxygen atoms in total. The maximum atomic E-state index is 8.63. The molecule has 1 aromatic heterocycles. The zero-order valence-electron chi connectivity index (χ0n) is 7.60. The summed E-state index contributed by atoms with van der Waals surface area (Å²) in [5.74, 6) is 0.599. The SMILES string of the molecule is N#Cc1cnc(N2CCCO2)c(N)c1. The molecule has 0 bridgehead atoms. The van der Waals surface area contributed by atoms with Crippen LogP contribution in [0, 0.1) is 11.3 Å². The van der Waals surface area contributed by atoms with Crippen LogP contribution in [0.5, 0.6) is 0 Å². The first-order valence-corrected chi connectivity index (χ1v) is 4.37. The molecule has 2 N–H and O–H groups in total. The molecule has 0 unspecified atom stereocenters. The van der Waals surface area contributed by atoms with Crippen LogP contribution in [0.15, 0.2) is 12.3 Å². The van der Waals surface area contributed by atoms with Gasteiger partial charge in [-0.3, -0.25) is 4.84 Å². The maximum Gasteiger partial charge on any atom is 0.175 e. The first-order valence-electron chi connectivity index (χ1n) is 4.37. The number of nitriles is 1. The van der Waals surface area contributed by atoms with Crippen molar-refractivity contribution in [1.29, 1.82) is 5.26 Å². The van der Waals surface area contributed by atoms with Gasteiger partial charge >= 0.3 is 0 Å². The van der Waals surface area contributed by atoms with Crippen LogP contribution in [0.1, 0.15) is 12.0 Å². The molecular weight excluding hydrogens is 180 g/mol. The van der Waals surface area contributed by atoms with Gasteiger partial charge in [-0.15, -0.1) is 0 Å². The van der Waals surface area contributed by atoms with Crippen molar-refractivity contribution in [2.75, 3.05) is 23.9 Å². The number of aromatic nitrogens is 1. The first-order chi connectivity index (χ1) is 6.81. The molecule has 1 aliphatic heterocycles. The minimum absolute atomic E-state index is 0.463. The van der Waals surface area contributed by atoms with Gasteiger partial charge < -0.3 is 5.73 Å². The third-order valence-electron chi connectivity index (χ3n) is 2.01. The number of hydroxylamine groups is 1. The fraction of sp³-hybridized carbons (Fsp3) is 0.333. The Morgan fingerprint density at radius 3 is 3.07 bits per heavy atom. The van der Waals surface area contributed by atoms with Gasteiger partial charge in [0, 0.05) is 12.7 Å². The van der Waals surface area contributed by atoms with Gasteiger partial charge in [-0.25, -0.2) is 10.0 Å². The van der Waals surface area contributed by atoms with Crippen LogP contribution in [-0.4, -0.2) is 18.1 Å². The summed E-state index contributed by atoms with van der Waals surface area (Å²) in [7, 11) is 0. The molecule has 0 aliphatic carbocycles. The molecular formula is C9H10N4O. The third-order valence-corrected chi connectivity index (χ3v) is 2.01. The van der Waals surface area contributed by atoms with E-state index in [-0.39, 0.29) is 0 Å². The monoisotopic (exact) mass is 190 g/mol. The fourth-order valence-corrected chi connectivity index (χ4v) is 1.36. The van der Waals surface area contributed by atoms with Crippen molar-refractivity contribution in [2.45, 2.75) is 6.42 Å². The third kappa shape index (κ3) is 1.47. The number of nitrogens with two attached hydrogens (primary N) is 1. The van der Waals surface area contributed by atoms with Crippen molar-refractivity contribution >= 4 is 11.5 Å². The van der Waals surface area contributed by atoms with E-state index < -0.39 is 0 Å². The van der Waals surface area contributed by atoms with E-state index in [1.165, 1.54) is 6.20 Å². The Hall–Kier alpha value is -1.80. The summed E-state index contributed by atoms with van der Waals surface area (Å²) in [5, 5.41) is 10.3. The molecule has 5 heteroatoms. The topological polar surface area (TPSA) is 75.2 Å². The fourth-order valence-electron chi connectivity index (χ4n) is 1.36. The molecule has 1 fully saturated rings. The Morgan fingerprint density at radius 1 is 1.64 bits per heavy atom. The van der Waals surface area contributed by atoms with Crippen molar-refractivity contribution in [2.24, 2.45) is 0 Å². The summed E-state index contributed by atoms with van der Waals surface area (Å²) in [5.41, 5.74) is 6.68. The Balaban J connectivity index is 2.30. The molecule has 1 aromatic rings. The Kier molecular flexibility index (Phi) is 2.21. The van der Waals surface area contributed by atoms with Crippen molar-refractivity contribution in [3.05, 3.63) is 17.8 Å². The van der Waals surface area contributed by atoms with Crippen LogP contribution in [-0.2, 0) is 4.84 Å². The Bertz CT molecular complexity index is 379. The Morgan fingerprint density at radius 2 is 2.50 bits per heavy atom. The van der Waals surface area contributed by atoms with E-state index >= 15 is 0 Å². The summed E-state index contributed by atoms with van der Waals surface area (Å²) in [6.45, 7) is 1.49. The highest BCUT2D eigenvalue weighted by molar-refractivity contribution is 5.63. The minimum Gasteiger partial charge on any atom is -0.396 e. The second kappa shape index (κ2) is 3.52. The molecule has 0 aromatic carbocycles. The largest absolute Gasteiger partial charge is 0.396 e. The van der Waals surface area contributed by atoms with E-state index in [1.807, 2.05) is 6.07 Å². The lowest BCUT2D eigenvalue weighted by Gasteiger charge is -2.16. The number of nitrogens with zero attached hydrogens (tertiary/aromatic N) is 3. The van der Waals surface area contributed by atoms with E-state index in [0.29, 0.717) is 23.7 Å². The maximum absolute atomic E-state index is 8.63. The normalized spacial score (nSPS) is 15.5. The average Bonchev–Trinajstić information content (AvgIpc) is 2.70. The van der Waals surface area contributed by atoms with Gasteiger partial charge in [0.05, 0.1) is 17.9 Å². The van der Waals surface area contributed by atoms with E-state index in [0.717, 1.165) is 13.0 Å². The summed E-state index contributed by atoms with van der Waals surface area (Å²) >= 11 is 0. The standard InChI is InChI=1S/C9H10N4O/c10-5-7-4-8(11)9(12-6-7)13-2-1-3-14-13/h4,6H,1-3,11H2. The lowest BCUT2D eigenvalue weighted by atomic mass is 10.3. The van der Waals surface area contributed by atoms with Crippen molar-refractivity contribution in [1.82, 2.24) is 4.98 Å². The van der Waals surface area contributed by atoms with Gasteiger partial charge in [0.2, 0.25) is 0 Å². The van der Waals surface area contributed by atoms with Crippen molar-refractivity contribution < 1.29 is 4.84 Å². The number of hydrogen-bond acceptors (Lipinski definition) is 5. The van der Waals surface area contributed by atoms with E-state index in [2.05, 4.69) is 4.98 Å². The number of nitrogen functional groups attached to an aromatic ring is 1. The molecule has 1 saturated heterocycles. The van der Waals surface area contributed by atoms with Crippen LogP contribution in [0.2, 0.25) is 0 Å². The van der Waals surface area contributed by atoms with Gasteiger partial charge in [0.15, 0.2) is 5.82 Å². The minimum atomic E-state index is 0.463. The smallest absolute Gasteiger partial charge is 0.175 e. The number of rotatable bonds is 1. The van der Waals surface area contributed by atoms with Gasteiger partial charge in [-0.2, -0.15) is 5.26 Å². The summed E-state index contributed by atoms with van der Waals surface area (Å²) in [4.78, 5) is 9.39. The highest BCUT2D eigenvalue weighted by Crippen LogP contribution is 2.23. The van der Waals surface area contributed by atoms with Crippen molar-refractivity contribution in [3.8, 4) is 6.07 Å². The summed E-state index contributed by atoms with van der Waals surface area (Å²) < 4.78 is 0.